The fourth-order valence-corrected chi connectivity index (χ4v) is 3.72. The molecule has 2 amide bonds. The van der Waals surface area contributed by atoms with E-state index in [1.807, 2.05) is 55.5 Å². The summed E-state index contributed by atoms with van der Waals surface area (Å²) >= 11 is 6.47. The maximum atomic E-state index is 12.6. The van der Waals surface area contributed by atoms with Gasteiger partial charge in [0.05, 0.1) is 12.0 Å². The summed E-state index contributed by atoms with van der Waals surface area (Å²) in [6, 6.07) is 14.8. The number of aryl methyl sites for hydroxylation is 1. The minimum absolute atomic E-state index is 0.113. The van der Waals surface area contributed by atoms with Gasteiger partial charge in [-0.15, -0.1) is 0 Å². The van der Waals surface area contributed by atoms with Crippen molar-refractivity contribution in [3.05, 3.63) is 64.6 Å². The summed E-state index contributed by atoms with van der Waals surface area (Å²) in [5.41, 5.74) is 2.65. The molecule has 1 aliphatic rings. The molecule has 2 aromatic carbocycles. The predicted molar refractivity (Wildman–Crippen MR) is 113 cm³/mol. The highest BCUT2D eigenvalue weighted by Gasteiger charge is 2.33. The van der Waals surface area contributed by atoms with Crippen molar-refractivity contribution in [1.82, 2.24) is 4.90 Å². The molecule has 1 heterocycles. The van der Waals surface area contributed by atoms with Crippen molar-refractivity contribution in [2.24, 2.45) is 0 Å². The number of ether oxygens (including phenoxy) is 1. The Morgan fingerprint density at radius 1 is 1.19 bits per heavy atom. The molecule has 0 unspecified atom stereocenters. The van der Waals surface area contributed by atoms with Crippen molar-refractivity contribution < 1.29 is 14.3 Å². The summed E-state index contributed by atoms with van der Waals surface area (Å²) in [6.45, 7) is 1.86. The summed E-state index contributed by atoms with van der Waals surface area (Å²) < 4.78 is 5.50. The van der Waals surface area contributed by atoms with Crippen molar-refractivity contribution in [1.29, 1.82) is 0 Å². The Bertz CT molecular complexity index is 906. The second kappa shape index (κ2) is 8.37. The third kappa shape index (κ3) is 4.75. The molecule has 0 aromatic heterocycles. The van der Waals surface area contributed by atoms with Crippen LogP contribution in [0.5, 0.6) is 5.75 Å². The van der Waals surface area contributed by atoms with Gasteiger partial charge < -0.3 is 10.1 Å². The first-order valence-corrected chi connectivity index (χ1v) is 9.44. The van der Waals surface area contributed by atoms with Crippen molar-refractivity contribution >= 4 is 51.9 Å². The van der Waals surface area contributed by atoms with E-state index in [1.165, 1.54) is 16.7 Å². The van der Waals surface area contributed by atoms with Crippen LogP contribution in [0.15, 0.2) is 53.4 Å². The first-order chi connectivity index (χ1) is 13.0. The van der Waals surface area contributed by atoms with Crippen molar-refractivity contribution in [3.8, 4) is 5.75 Å². The Morgan fingerprint density at radius 3 is 2.48 bits per heavy atom. The minimum atomic E-state index is -0.291. The Morgan fingerprint density at radius 2 is 1.85 bits per heavy atom. The number of methoxy groups -OCH3 is 1. The van der Waals surface area contributed by atoms with Gasteiger partial charge in [0, 0.05) is 5.69 Å². The molecule has 0 bridgehead atoms. The van der Waals surface area contributed by atoms with Crippen LogP contribution < -0.4 is 10.1 Å². The molecule has 138 valence electrons. The van der Waals surface area contributed by atoms with Crippen molar-refractivity contribution in [3.63, 3.8) is 0 Å². The average molecular weight is 399 g/mol. The lowest BCUT2D eigenvalue weighted by Gasteiger charge is -2.14. The van der Waals surface area contributed by atoms with E-state index in [1.54, 1.807) is 13.2 Å². The molecule has 0 radical (unpaired) electrons. The van der Waals surface area contributed by atoms with E-state index >= 15 is 0 Å². The zero-order valence-corrected chi connectivity index (χ0v) is 16.5. The highest BCUT2D eigenvalue weighted by atomic mass is 32.2. The number of nitrogens with one attached hydrogen (secondary N) is 1. The van der Waals surface area contributed by atoms with E-state index in [0.29, 0.717) is 14.9 Å². The van der Waals surface area contributed by atoms with Gasteiger partial charge in [-0.05, 0) is 42.8 Å². The van der Waals surface area contributed by atoms with E-state index in [4.69, 9.17) is 17.0 Å². The van der Waals surface area contributed by atoms with Crippen LogP contribution in [-0.4, -0.2) is 34.7 Å². The third-order valence-corrected chi connectivity index (χ3v) is 5.30. The standard InChI is InChI=1S/C20H18N2O3S2/c1-13-3-7-15(8-4-13)21-18(23)12-22-19(24)17(27-20(22)26)11-14-5-9-16(25-2)10-6-14/h3-11H,12H2,1-2H3,(H,21,23)/b17-11-. The summed E-state index contributed by atoms with van der Waals surface area (Å²) in [4.78, 5) is 26.7. The molecule has 0 atom stereocenters. The lowest BCUT2D eigenvalue weighted by molar-refractivity contribution is -0.126. The van der Waals surface area contributed by atoms with E-state index in [-0.39, 0.29) is 18.4 Å². The monoisotopic (exact) mass is 398 g/mol. The number of rotatable bonds is 5. The number of carbonyl (C=O) groups is 2. The van der Waals surface area contributed by atoms with Crippen molar-refractivity contribution in [2.75, 3.05) is 19.0 Å². The molecule has 27 heavy (non-hydrogen) atoms. The third-order valence-electron chi connectivity index (χ3n) is 3.92. The van der Waals surface area contributed by atoms with Gasteiger partial charge in [0.15, 0.2) is 0 Å². The van der Waals surface area contributed by atoms with Crippen LogP contribution in [0.25, 0.3) is 6.08 Å². The molecule has 1 aliphatic heterocycles. The quantitative estimate of drug-likeness (QED) is 0.613. The van der Waals surface area contributed by atoms with Crippen LogP contribution in [0.4, 0.5) is 5.69 Å². The second-order valence-electron chi connectivity index (χ2n) is 5.96. The first-order valence-electron chi connectivity index (χ1n) is 8.22. The molecule has 1 N–H and O–H groups in total. The lowest BCUT2D eigenvalue weighted by Crippen LogP contribution is -2.36. The molecule has 1 saturated heterocycles. The molecule has 0 aliphatic carbocycles. The lowest BCUT2D eigenvalue weighted by atomic mass is 10.2. The Hall–Kier alpha value is -2.64. The number of hydrogen-bond donors (Lipinski definition) is 1. The number of benzene rings is 2. The molecule has 0 spiro atoms. The topological polar surface area (TPSA) is 58.6 Å². The van der Waals surface area contributed by atoms with Gasteiger partial charge in [-0.25, -0.2) is 0 Å². The number of carbonyl (C=O) groups excluding carboxylic acids is 2. The molecule has 1 fully saturated rings. The molecule has 0 saturated carbocycles. The second-order valence-corrected chi connectivity index (χ2v) is 7.63. The summed E-state index contributed by atoms with van der Waals surface area (Å²) in [5.74, 6) is 0.188. The van der Waals surface area contributed by atoms with Gasteiger partial charge in [0.25, 0.3) is 5.91 Å². The number of nitrogens with zero attached hydrogens (tertiary/aromatic N) is 1. The van der Waals surface area contributed by atoms with Gasteiger partial charge in [0.1, 0.15) is 16.6 Å². The highest BCUT2D eigenvalue weighted by Crippen LogP contribution is 2.32. The largest absolute Gasteiger partial charge is 0.497 e. The number of amides is 2. The highest BCUT2D eigenvalue weighted by molar-refractivity contribution is 8.26. The molecule has 5 nitrogen and oxygen atoms in total. The molecule has 7 heteroatoms. The molecular weight excluding hydrogens is 380 g/mol. The van der Waals surface area contributed by atoms with Gasteiger partial charge in [-0.2, -0.15) is 0 Å². The van der Waals surface area contributed by atoms with Gasteiger partial charge in [-0.1, -0.05) is 53.8 Å². The summed E-state index contributed by atoms with van der Waals surface area (Å²) in [7, 11) is 1.60. The summed E-state index contributed by atoms with van der Waals surface area (Å²) in [5, 5.41) is 2.78. The normalized spacial score (nSPS) is 15.3. The first kappa shape index (κ1) is 19.1. The van der Waals surface area contributed by atoms with E-state index in [2.05, 4.69) is 5.32 Å². The number of hydrogen-bond acceptors (Lipinski definition) is 5. The fourth-order valence-electron chi connectivity index (χ4n) is 2.47. The predicted octanol–water partition coefficient (Wildman–Crippen LogP) is 3.84. The molecular formula is C20H18N2O3S2. The minimum Gasteiger partial charge on any atom is -0.497 e. The number of thiocarbonyl (C=S) groups is 1. The Balaban J connectivity index is 1.67. The maximum absolute atomic E-state index is 12.6. The van der Waals surface area contributed by atoms with Crippen LogP contribution in [0.1, 0.15) is 11.1 Å². The Labute approximate surface area is 167 Å². The zero-order chi connectivity index (χ0) is 19.4. The van der Waals surface area contributed by atoms with E-state index < -0.39 is 0 Å². The average Bonchev–Trinajstić information content (AvgIpc) is 2.91. The van der Waals surface area contributed by atoms with Crippen LogP contribution in [-0.2, 0) is 9.59 Å². The molecule has 2 aromatic rings. The van der Waals surface area contributed by atoms with Crippen LogP contribution >= 0.6 is 24.0 Å². The summed E-state index contributed by atoms with van der Waals surface area (Å²) in [6.07, 6.45) is 1.76. The van der Waals surface area contributed by atoms with Crippen LogP contribution in [0, 0.1) is 6.92 Å². The van der Waals surface area contributed by atoms with E-state index in [9.17, 15) is 9.59 Å². The van der Waals surface area contributed by atoms with E-state index in [0.717, 1.165) is 16.9 Å². The fraction of sp³-hybridized carbons (Fsp3) is 0.150. The van der Waals surface area contributed by atoms with Gasteiger partial charge in [0.2, 0.25) is 5.91 Å². The van der Waals surface area contributed by atoms with Gasteiger partial charge >= 0.3 is 0 Å². The smallest absolute Gasteiger partial charge is 0.266 e. The number of anilines is 1. The maximum Gasteiger partial charge on any atom is 0.266 e. The Kier molecular flexibility index (Phi) is 5.93. The van der Waals surface area contributed by atoms with Crippen LogP contribution in [0.3, 0.4) is 0 Å². The van der Waals surface area contributed by atoms with Gasteiger partial charge in [-0.3, -0.25) is 14.5 Å². The molecule has 3 rings (SSSR count). The number of thioether (sulfide) groups is 1. The van der Waals surface area contributed by atoms with Crippen molar-refractivity contribution in [2.45, 2.75) is 6.92 Å². The zero-order valence-electron chi connectivity index (χ0n) is 14.9. The SMILES string of the molecule is COc1ccc(/C=C2\SC(=S)N(CC(=O)Nc3ccc(C)cc3)C2=O)cc1. The van der Waals surface area contributed by atoms with Crippen LogP contribution in [0.2, 0.25) is 0 Å².